The number of aliphatic hydroxyl groups excluding tert-OH is 1. The zero-order valence-electron chi connectivity index (χ0n) is 11.7. The van der Waals surface area contributed by atoms with Gasteiger partial charge in [-0.05, 0) is 35.6 Å². The Morgan fingerprint density at radius 1 is 0.950 bits per heavy atom. The lowest BCUT2D eigenvalue weighted by Crippen LogP contribution is -2.19. The summed E-state index contributed by atoms with van der Waals surface area (Å²) in [4.78, 5) is 2.52. The number of rotatable bonds is 4. The zero-order valence-corrected chi connectivity index (χ0v) is 11.7. The van der Waals surface area contributed by atoms with Gasteiger partial charge in [0.15, 0.2) is 0 Å². The van der Waals surface area contributed by atoms with Crippen LogP contribution in [0.5, 0.6) is 0 Å². The van der Waals surface area contributed by atoms with Crippen LogP contribution in [-0.4, -0.2) is 23.1 Å². The highest BCUT2D eigenvalue weighted by Crippen LogP contribution is 2.27. The average Bonchev–Trinajstić information content (AvgIpc) is 2.97. The van der Waals surface area contributed by atoms with Crippen LogP contribution in [0.2, 0.25) is 0 Å². The quantitative estimate of drug-likeness (QED) is 0.919. The van der Waals surface area contributed by atoms with E-state index in [-0.39, 0.29) is 6.61 Å². The molecule has 1 heterocycles. The lowest BCUT2D eigenvalue weighted by molar-refractivity contribution is 0.281. The van der Waals surface area contributed by atoms with Crippen molar-refractivity contribution >= 4 is 0 Å². The molecule has 0 spiro atoms. The van der Waals surface area contributed by atoms with E-state index < -0.39 is 0 Å². The Bertz CT molecular complexity index is 535. The van der Waals surface area contributed by atoms with Gasteiger partial charge in [0, 0.05) is 13.1 Å². The highest BCUT2D eigenvalue weighted by molar-refractivity contribution is 5.23. The van der Waals surface area contributed by atoms with Gasteiger partial charge in [0.05, 0.1) is 6.61 Å². The van der Waals surface area contributed by atoms with Crippen LogP contribution in [0.1, 0.15) is 29.0 Å². The van der Waals surface area contributed by atoms with Crippen molar-refractivity contribution in [2.45, 2.75) is 25.5 Å². The van der Waals surface area contributed by atoms with E-state index in [1.54, 1.807) is 0 Å². The van der Waals surface area contributed by atoms with Crippen molar-refractivity contribution in [3.8, 4) is 0 Å². The third kappa shape index (κ3) is 3.09. The molecule has 1 aliphatic rings. The van der Waals surface area contributed by atoms with Crippen LogP contribution >= 0.6 is 0 Å². The van der Waals surface area contributed by atoms with Crippen molar-refractivity contribution in [3.05, 3.63) is 71.3 Å². The van der Waals surface area contributed by atoms with Crippen molar-refractivity contribution in [1.82, 2.24) is 4.90 Å². The van der Waals surface area contributed by atoms with Gasteiger partial charge in [-0.25, -0.2) is 0 Å². The molecule has 3 rings (SSSR count). The van der Waals surface area contributed by atoms with Gasteiger partial charge in [0.2, 0.25) is 0 Å². The molecule has 0 radical (unpaired) electrons. The molecule has 1 unspecified atom stereocenters. The zero-order chi connectivity index (χ0) is 13.8. The number of hydrogen-bond acceptors (Lipinski definition) is 2. The maximum Gasteiger partial charge on any atom is 0.0681 e. The van der Waals surface area contributed by atoms with E-state index in [1.807, 2.05) is 12.1 Å². The molecule has 104 valence electrons. The average molecular weight is 267 g/mol. The van der Waals surface area contributed by atoms with Gasteiger partial charge in [0.25, 0.3) is 0 Å². The molecular weight excluding hydrogens is 246 g/mol. The molecule has 0 saturated carbocycles. The largest absolute Gasteiger partial charge is 0.392 e. The van der Waals surface area contributed by atoms with Gasteiger partial charge in [-0.3, -0.25) is 4.90 Å². The Balaban J connectivity index is 1.60. The molecule has 2 aromatic rings. The van der Waals surface area contributed by atoms with Crippen LogP contribution in [0.25, 0.3) is 0 Å². The highest BCUT2D eigenvalue weighted by atomic mass is 16.3. The molecule has 2 aromatic carbocycles. The molecule has 20 heavy (non-hydrogen) atoms. The fourth-order valence-corrected chi connectivity index (χ4v) is 2.98. The number of likely N-dealkylation sites (tertiary alicyclic amines) is 1. The summed E-state index contributed by atoms with van der Waals surface area (Å²) >= 11 is 0. The minimum Gasteiger partial charge on any atom is -0.392 e. The predicted molar refractivity (Wildman–Crippen MR) is 81.4 cm³/mol. The Morgan fingerprint density at radius 2 is 1.65 bits per heavy atom. The smallest absolute Gasteiger partial charge is 0.0681 e. The minimum absolute atomic E-state index is 0.125. The predicted octanol–water partition coefficient (Wildman–Crippen LogP) is 3.17. The van der Waals surface area contributed by atoms with E-state index in [0.29, 0.717) is 5.92 Å². The van der Waals surface area contributed by atoms with Crippen LogP contribution in [0.15, 0.2) is 54.6 Å². The van der Waals surface area contributed by atoms with Crippen LogP contribution in [0.3, 0.4) is 0 Å². The summed E-state index contributed by atoms with van der Waals surface area (Å²) < 4.78 is 0. The maximum atomic E-state index is 9.06. The van der Waals surface area contributed by atoms with Crippen molar-refractivity contribution in [2.24, 2.45) is 0 Å². The second-order valence-corrected chi connectivity index (χ2v) is 5.61. The summed E-state index contributed by atoms with van der Waals surface area (Å²) in [5, 5.41) is 9.06. The third-order valence-corrected chi connectivity index (χ3v) is 4.16. The first-order valence-electron chi connectivity index (χ1n) is 7.31. The molecule has 2 heteroatoms. The first-order valence-corrected chi connectivity index (χ1v) is 7.31. The molecular formula is C18H21NO. The SMILES string of the molecule is OCc1ccc(CN2CCC(c3ccccc3)C2)cc1. The van der Waals surface area contributed by atoms with Crippen molar-refractivity contribution < 1.29 is 5.11 Å². The molecule has 1 fully saturated rings. The van der Waals surface area contributed by atoms with Crippen molar-refractivity contribution in [1.29, 1.82) is 0 Å². The van der Waals surface area contributed by atoms with E-state index in [9.17, 15) is 0 Å². The van der Waals surface area contributed by atoms with Crippen molar-refractivity contribution in [3.63, 3.8) is 0 Å². The number of benzene rings is 2. The van der Waals surface area contributed by atoms with E-state index in [1.165, 1.54) is 24.1 Å². The number of nitrogens with zero attached hydrogens (tertiary/aromatic N) is 1. The normalized spacial score (nSPS) is 19.4. The van der Waals surface area contributed by atoms with E-state index in [0.717, 1.165) is 18.7 Å². The first-order chi connectivity index (χ1) is 9.85. The lowest BCUT2D eigenvalue weighted by atomic mass is 9.99. The molecule has 0 aromatic heterocycles. The third-order valence-electron chi connectivity index (χ3n) is 4.16. The molecule has 1 aliphatic heterocycles. The summed E-state index contributed by atoms with van der Waals surface area (Å²) in [6, 6.07) is 19.1. The fourth-order valence-electron chi connectivity index (χ4n) is 2.98. The standard InChI is InChI=1S/C18H21NO/c20-14-16-8-6-15(7-9-16)12-19-11-10-18(13-19)17-4-2-1-3-5-17/h1-9,18,20H,10-14H2. The summed E-state index contributed by atoms with van der Waals surface area (Å²) in [6.07, 6.45) is 1.25. The highest BCUT2D eigenvalue weighted by Gasteiger charge is 2.23. The van der Waals surface area contributed by atoms with Gasteiger partial charge in [0.1, 0.15) is 0 Å². The molecule has 0 aliphatic carbocycles. The molecule has 0 bridgehead atoms. The van der Waals surface area contributed by atoms with Gasteiger partial charge >= 0.3 is 0 Å². The van der Waals surface area contributed by atoms with Gasteiger partial charge in [-0.1, -0.05) is 54.6 Å². The van der Waals surface area contributed by atoms with E-state index >= 15 is 0 Å². The Kier molecular flexibility index (Phi) is 4.14. The Hall–Kier alpha value is -1.64. The molecule has 1 saturated heterocycles. The lowest BCUT2D eigenvalue weighted by Gasteiger charge is -2.16. The first kappa shape index (κ1) is 13.3. The molecule has 0 amide bonds. The van der Waals surface area contributed by atoms with E-state index in [4.69, 9.17) is 5.11 Å². The monoisotopic (exact) mass is 267 g/mol. The second kappa shape index (κ2) is 6.21. The summed E-state index contributed by atoms with van der Waals surface area (Å²) in [6.45, 7) is 3.45. The Morgan fingerprint density at radius 3 is 2.35 bits per heavy atom. The van der Waals surface area contributed by atoms with Crippen LogP contribution in [0, 0.1) is 0 Å². The molecule has 1 N–H and O–H groups in total. The number of hydrogen-bond donors (Lipinski definition) is 1. The van der Waals surface area contributed by atoms with Crippen LogP contribution in [-0.2, 0) is 13.2 Å². The summed E-state index contributed by atoms with van der Waals surface area (Å²) in [5.41, 5.74) is 3.78. The summed E-state index contributed by atoms with van der Waals surface area (Å²) in [5.74, 6) is 0.674. The van der Waals surface area contributed by atoms with Gasteiger partial charge in [-0.15, -0.1) is 0 Å². The molecule has 2 nitrogen and oxygen atoms in total. The van der Waals surface area contributed by atoms with Crippen molar-refractivity contribution in [2.75, 3.05) is 13.1 Å². The fraction of sp³-hybridized carbons (Fsp3) is 0.333. The second-order valence-electron chi connectivity index (χ2n) is 5.61. The Labute approximate surface area is 120 Å². The van der Waals surface area contributed by atoms with Crippen LogP contribution < -0.4 is 0 Å². The molecule has 1 atom stereocenters. The minimum atomic E-state index is 0.125. The van der Waals surface area contributed by atoms with Crippen LogP contribution in [0.4, 0.5) is 0 Å². The maximum absolute atomic E-state index is 9.06. The topological polar surface area (TPSA) is 23.5 Å². The number of aliphatic hydroxyl groups is 1. The van der Waals surface area contributed by atoms with E-state index in [2.05, 4.69) is 47.4 Å². The summed E-state index contributed by atoms with van der Waals surface area (Å²) in [7, 11) is 0. The van der Waals surface area contributed by atoms with Gasteiger partial charge < -0.3 is 5.11 Å². The van der Waals surface area contributed by atoms with Gasteiger partial charge in [-0.2, -0.15) is 0 Å².